The molecule has 0 spiro atoms. The zero-order valence-corrected chi connectivity index (χ0v) is 12.0. The molecule has 3 N–H and O–H groups in total. The Morgan fingerprint density at radius 3 is 2.48 bits per heavy atom. The molecule has 0 heterocycles. The first-order valence-corrected chi connectivity index (χ1v) is 6.27. The molecule has 7 heteroatoms. The first-order chi connectivity index (χ1) is 9.79. The van der Waals surface area contributed by atoms with Crippen molar-refractivity contribution < 1.29 is 24.2 Å². The lowest BCUT2D eigenvalue weighted by Gasteiger charge is -2.19. The van der Waals surface area contributed by atoms with Crippen molar-refractivity contribution in [3.8, 4) is 5.75 Å². The van der Waals surface area contributed by atoms with Crippen LogP contribution >= 0.6 is 0 Å². The molecular weight excluding hydrogens is 276 g/mol. The molecule has 0 aliphatic carbocycles. The largest absolute Gasteiger partial charge is 0.483 e. The molecule has 1 rings (SSSR count). The van der Waals surface area contributed by atoms with Crippen LogP contribution in [-0.2, 0) is 14.4 Å². The molecule has 0 aliphatic heterocycles. The van der Waals surface area contributed by atoms with E-state index in [2.05, 4.69) is 0 Å². The van der Waals surface area contributed by atoms with Gasteiger partial charge in [-0.15, -0.1) is 0 Å². The SMILES string of the molecule is Cc1ccc(C)c(OCC(=O)N(CC(N)=O)CC(=O)O)c1. The number of hydrogen-bond acceptors (Lipinski definition) is 4. The fraction of sp³-hybridized carbons (Fsp3) is 0.357. The van der Waals surface area contributed by atoms with E-state index in [1.807, 2.05) is 26.0 Å². The summed E-state index contributed by atoms with van der Waals surface area (Å²) in [6, 6.07) is 5.54. The van der Waals surface area contributed by atoms with Gasteiger partial charge in [-0.2, -0.15) is 0 Å². The van der Waals surface area contributed by atoms with Gasteiger partial charge in [0.1, 0.15) is 18.8 Å². The highest BCUT2D eigenvalue weighted by molar-refractivity contribution is 5.87. The lowest BCUT2D eigenvalue weighted by atomic mass is 10.1. The molecule has 0 bridgehead atoms. The molecule has 0 aromatic heterocycles. The number of benzene rings is 1. The molecule has 0 saturated heterocycles. The van der Waals surface area contributed by atoms with E-state index < -0.39 is 30.9 Å². The molecule has 7 nitrogen and oxygen atoms in total. The molecule has 114 valence electrons. The van der Waals surface area contributed by atoms with Crippen molar-refractivity contribution in [3.63, 3.8) is 0 Å². The minimum absolute atomic E-state index is 0.356. The van der Waals surface area contributed by atoms with Crippen molar-refractivity contribution in [1.82, 2.24) is 4.90 Å². The van der Waals surface area contributed by atoms with Crippen LogP contribution in [0.1, 0.15) is 11.1 Å². The van der Waals surface area contributed by atoms with Gasteiger partial charge in [-0.1, -0.05) is 12.1 Å². The number of hydrogen-bond donors (Lipinski definition) is 2. The monoisotopic (exact) mass is 294 g/mol. The van der Waals surface area contributed by atoms with Crippen molar-refractivity contribution in [2.45, 2.75) is 13.8 Å². The van der Waals surface area contributed by atoms with Crippen LogP contribution in [0.5, 0.6) is 5.75 Å². The number of nitrogens with two attached hydrogens (primary N) is 1. The number of carbonyl (C=O) groups excluding carboxylic acids is 2. The average molecular weight is 294 g/mol. The molecule has 1 aromatic rings. The Balaban J connectivity index is 2.70. The quantitative estimate of drug-likeness (QED) is 0.740. The normalized spacial score (nSPS) is 10.0. The van der Waals surface area contributed by atoms with Gasteiger partial charge in [0.05, 0.1) is 0 Å². The zero-order valence-electron chi connectivity index (χ0n) is 12.0. The predicted molar refractivity (Wildman–Crippen MR) is 74.8 cm³/mol. The number of carbonyl (C=O) groups is 3. The zero-order chi connectivity index (χ0) is 16.0. The van der Waals surface area contributed by atoms with E-state index in [4.69, 9.17) is 15.6 Å². The standard InChI is InChI=1S/C14H18N2O5/c1-9-3-4-10(2)11(5-9)21-8-13(18)16(6-12(15)17)7-14(19)20/h3-5H,6-8H2,1-2H3,(H2,15,17)(H,19,20). The fourth-order valence-electron chi connectivity index (χ4n) is 1.68. The number of aliphatic carboxylic acids is 1. The molecular formula is C14H18N2O5. The maximum atomic E-state index is 11.9. The molecule has 0 saturated carbocycles. The fourth-order valence-corrected chi connectivity index (χ4v) is 1.68. The van der Waals surface area contributed by atoms with E-state index in [-0.39, 0.29) is 6.61 Å². The van der Waals surface area contributed by atoms with Crippen LogP contribution in [0.25, 0.3) is 0 Å². The van der Waals surface area contributed by atoms with Gasteiger partial charge in [0.2, 0.25) is 5.91 Å². The van der Waals surface area contributed by atoms with Crippen LogP contribution < -0.4 is 10.5 Å². The second-order valence-corrected chi connectivity index (χ2v) is 4.67. The summed E-state index contributed by atoms with van der Waals surface area (Å²) in [6.45, 7) is 2.31. The minimum atomic E-state index is -1.23. The number of aryl methyl sites for hydroxylation is 2. The van der Waals surface area contributed by atoms with Gasteiger partial charge < -0.3 is 20.5 Å². The van der Waals surface area contributed by atoms with Crippen LogP contribution in [0.4, 0.5) is 0 Å². The van der Waals surface area contributed by atoms with E-state index in [1.54, 1.807) is 6.07 Å². The topological polar surface area (TPSA) is 110 Å². The first-order valence-electron chi connectivity index (χ1n) is 6.27. The maximum Gasteiger partial charge on any atom is 0.323 e. The van der Waals surface area contributed by atoms with E-state index in [0.717, 1.165) is 16.0 Å². The Labute approximate surface area is 122 Å². The van der Waals surface area contributed by atoms with Gasteiger partial charge in [-0.05, 0) is 31.0 Å². The summed E-state index contributed by atoms with van der Waals surface area (Å²) in [7, 11) is 0. The summed E-state index contributed by atoms with van der Waals surface area (Å²) >= 11 is 0. The number of amides is 2. The second-order valence-electron chi connectivity index (χ2n) is 4.67. The number of ether oxygens (including phenoxy) is 1. The van der Waals surface area contributed by atoms with Crippen LogP contribution in [0.2, 0.25) is 0 Å². The third kappa shape index (κ3) is 5.52. The van der Waals surface area contributed by atoms with Gasteiger partial charge in [-0.25, -0.2) is 0 Å². The summed E-state index contributed by atoms with van der Waals surface area (Å²) in [5.41, 5.74) is 6.82. The van der Waals surface area contributed by atoms with Crippen molar-refractivity contribution in [2.24, 2.45) is 5.73 Å². The summed E-state index contributed by atoms with van der Waals surface area (Å²) in [5, 5.41) is 8.72. The predicted octanol–water partition coefficient (Wildman–Crippen LogP) is 0.0807. The van der Waals surface area contributed by atoms with Crippen molar-refractivity contribution in [1.29, 1.82) is 0 Å². The molecule has 1 aromatic carbocycles. The van der Waals surface area contributed by atoms with Crippen molar-refractivity contribution in [2.75, 3.05) is 19.7 Å². The Hall–Kier alpha value is -2.57. The minimum Gasteiger partial charge on any atom is -0.483 e. The number of carboxylic acids is 1. The van der Waals surface area contributed by atoms with Gasteiger partial charge >= 0.3 is 5.97 Å². The van der Waals surface area contributed by atoms with Crippen LogP contribution in [0.3, 0.4) is 0 Å². The molecule has 0 fully saturated rings. The molecule has 0 atom stereocenters. The Morgan fingerprint density at radius 2 is 1.90 bits per heavy atom. The Kier molecular flexibility index (Phi) is 5.71. The van der Waals surface area contributed by atoms with E-state index in [9.17, 15) is 14.4 Å². The summed E-state index contributed by atoms with van der Waals surface area (Å²) in [6.07, 6.45) is 0. The Bertz CT molecular complexity index is 540. The smallest absolute Gasteiger partial charge is 0.323 e. The Morgan fingerprint density at radius 1 is 1.24 bits per heavy atom. The molecule has 0 aliphatic rings. The van der Waals surface area contributed by atoms with Crippen LogP contribution in [0, 0.1) is 13.8 Å². The highest BCUT2D eigenvalue weighted by atomic mass is 16.5. The van der Waals surface area contributed by atoms with Gasteiger partial charge in [0.15, 0.2) is 6.61 Å². The lowest BCUT2D eigenvalue weighted by Crippen LogP contribution is -2.43. The average Bonchev–Trinajstić information content (AvgIpc) is 2.37. The molecule has 0 unspecified atom stereocenters. The number of carboxylic acid groups (broad SMARTS) is 1. The number of nitrogens with zero attached hydrogens (tertiary/aromatic N) is 1. The molecule has 21 heavy (non-hydrogen) atoms. The third-order valence-corrected chi connectivity index (χ3v) is 2.72. The summed E-state index contributed by atoms with van der Waals surface area (Å²) < 4.78 is 5.39. The molecule has 2 amide bonds. The second kappa shape index (κ2) is 7.28. The maximum absolute atomic E-state index is 11.9. The van der Waals surface area contributed by atoms with Crippen molar-refractivity contribution in [3.05, 3.63) is 29.3 Å². The highest BCUT2D eigenvalue weighted by Crippen LogP contribution is 2.19. The van der Waals surface area contributed by atoms with Crippen LogP contribution in [-0.4, -0.2) is 47.5 Å². The molecule has 0 radical (unpaired) electrons. The van der Waals surface area contributed by atoms with Crippen molar-refractivity contribution >= 4 is 17.8 Å². The lowest BCUT2D eigenvalue weighted by molar-refractivity contribution is -0.146. The van der Waals surface area contributed by atoms with Gasteiger partial charge in [0.25, 0.3) is 5.91 Å². The highest BCUT2D eigenvalue weighted by Gasteiger charge is 2.19. The van der Waals surface area contributed by atoms with E-state index in [1.165, 1.54) is 0 Å². The summed E-state index contributed by atoms with van der Waals surface area (Å²) in [4.78, 5) is 34.3. The van der Waals surface area contributed by atoms with E-state index >= 15 is 0 Å². The summed E-state index contributed by atoms with van der Waals surface area (Å²) in [5.74, 6) is -2.08. The first kappa shape index (κ1) is 16.5. The number of rotatable bonds is 7. The number of primary amides is 1. The van der Waals surface area contributed by atoms with Crippen LogP contribution in [0.15, 0.2) is 18.2 Å². The van der Waals surface area contributed by atoms with E-state index in [0.29, 0.717) is 5.75 Å². The van der Waals surface area contributed by atoms with Gasteiger partial charge in [0, 0.05) is 0 Å². The van der Waals surface area contributed by atoms with Gasteiger partial charge in [-0.3, -0.25) is 14.4 Å². The third-order valence-electron chi connectivity index (χ3n) is 2.72.